The smallest absolute Gasteiger partial charge is 0.129 e. The molecular formula is C14H16O. The zero-order valence-corrected chi connectivity index (χ0v) is 9.72. The second kappa shape index (κ2) is 3.58. The number of rotatable bonds is 1. The van der Waals surface area contributed by atoms with Crippen LogP contribution in [0.15, 0.2) is 24.3 Å². The minimum absolute atomic E-state index is 1.00. The summed E-state index contributed by atoms with van der Waals surface area (Å²) in [5.41, 5.74) is 3.80. The van der Waals surface area contributed by atoms with Gasteiger partial charge < -0.3 is 4.74 Å². The van der Waals surface area contributed by atoms with E-state index in [1.807, 2.05) is 0 Å². The van der Waals surface area contributed by atoms with E-state index in [0.29, 0.717) is 0 Å². The molecule has 0 saturated heterocycles. The molecule has 0 aliphatic carbocycles. The largest absolute Gasteiger partial charge is 0.496 e. The number of ether oxygens (including phenoxy) is 1. The van der Waals surface area contributed by atoms with Crippen molar-refractivity contribution < 1.29 is 4.74 Å². The normalized spacial score (nSPS) is 10.7. The van der Waals surface area contributed by atoms with E-state index < -0.39 is 0 Å². The molecule has 0 bridgehead atoms. The molecule has 0 fully saturated rings. The Labute approximate surface area is 90.7 Å². The molecule has 1 nitrogen and oxygen atoms in total. The Morgan fingerprint density at radius 3 is 2.40 bits per heavy atom. The first-order valence-electron chi connectivity index (χ1n) is 5.18. The third-order valence-corrected chi connectivity index (χ3v) is 2.96. The zero-order valence-electron chi connectivity index (χ0n) is 9.72. The SMILES string of the molecule is COc1c(C)c(C)cc2cc(C)ccc12. The predicted octanol–water partition coefficient (Wildman–Crippen LogP) is 3.77. The summed E-state index contributed by atoms with van der Waals surface area (Å²) < 4.78 is 5.48. The summed E-state index contributed by atoms with van der Waals surface area (Å²) in [7, 11) is 1.74. The van der Waals surface area contributed by atoms with Crippen LogP contribution in [-0.4, -0.2) is 7.11 Å². The quantitative estimate of drug-likeness (QED) is 0.680. The lowest BCUT2D eigenvalue weighted by atomic mass is 10.00. The number of hydrogen-bond donors (Lipinski definition) is 0. The Morgan fingerprint density at radius 2 is 1.73 bits per heavy atom. The molecule has 0 amide bonds. The summed E-state index contributed by atoms with van der Waals surface area (Å²) in [6, 6.07) is 8.68. The Bertz CT molecular complexity index is 512. The summed E-state index contributed by atoms with van der Waals surface area (Å²) in [6.45, 7) is 6.34. The van der Waals surface area contributed by atoms with E-state index in [-0.39, 0.29) is 0 Å². The van der Waals surface area contributed by atoms with Gasteiger partial charge in [-0.15, -0.1) is 0 Å². The second-order valence-corrected chi connectivity index (χ2v) is 4.08. The van der Waals surface area contributed by atoms with Crippen LogP contribution in [0.5, 0.6) is 5.75 Å². The van der Waals surface area contributed by atoms with Crippen molar-refractivity contribution in [2.75, 3.05) is 7.11 Å². The second-order valence-electron chi connectivity index (χ2n) is 4.08. The summed E-state index contributed by atoms with van der Waals surface area (Å²) >= 11 is 0. The van der Waals surface area contributed by atoms with Gasteiger partial charge in [0.05, 0.1) is 7.11 Å². The molecule has 2 aromatic rings. The number of methoxy groups -OCH3 is 1. The first kappa shape index (κ1) is 10.0. The van der Waals surface area contributed by atoms with Crippen LogP contribution in [0.1, 0.15) is 16.7 Å². The highest BCUT2D eigenvalue weighted by molar-refractivity contribution is 5.91. The predicted molar refractivity (Wildman–Crippen MR) is 64.7 cm³/mol. The summed E-state index contributed by atoms with van der Waals surface area (Å²) in [5, 5.41) is 2.46. The molecule has 0 aromatic heterocycles. The van der Waals surface area contributed by atoms with Crippen molar-refractivity contribution in [3.63, 3.8) is 0 Å². The minimum Gasteiger partial charge on any atom is -0.496 e. The maximum atomic E-state index is 5.48. The third kappa shape index (κ3) is 1.58. The first-order chi connectivity index (χ1) is 7.13. The fourth-order valence-electron chi connectivity index (χ4n) is 1.99. The summed E-state index contributed by atoms with van der Waals surface area (Å²) in [4.78, 5) is 0. The monoisotopic (exact) mass is 200 g/mol. The summed E-state index contributed by atoms with van der Waals surface area (Å²) in [5.74, 6) is 1.00. The van der Waals surface area contributed by atoms with E-state index in [1.165, 1.54) is 27.5 Å². The van der Waals surface area contributed by atoms with E-state index in [0.717, 1.165) is 5.75 Å². The van der Waals surface area contributed by atoms with E-state index in [4.69, 9.17) is 4.74 Å². The van der Waals surface area contributed by atoms with Crippen LogP contribution in [0.2, 0.25) is 0 Å². The van der Waals surface area contributed by atoms with E-state index in [1.54, 1.807) is 7.11 Å². The van der Waals surface area contributed by atoms with Crippen LogP contribution >= 0.6 is 0 Å². The fourth-order valence-corrected chi connectivity index (χ4v) is 1.99. The van der Waals surface area contributed by atoms with Crippen molar-refractivity contribution in [2.45, 2.75) is 20.8 Å². The molecule has 2 rings (SSSR count). The molecule has 0 aliphatic rings. The lowest BCUT2D eigenvalue weighted by Crippen LogP contribution is -1.92. The highest BCUT2D eigenvalue weighted by atomic mass is 16.5. The number of aryl methyl sites for hydroxylation is 2. The van der Waals surface area contributed by atoms with Crippen LogP contribution in [0.4, 0.5) is 0 Å². The average Bonchev–Trinajstić information content (AvgIpc) is 2.20. The van der Waals surface area contributed by atoms with Crippen LogP contribution in [0.3, 0.4) is 0 Å². The van der Waals surface area contributed by atoms with E-state index in [2.05, 4.69) is 45.0 Å². The Hall–Kier alpha value is -1.50. The van der Waals surface area contributed by atoms with Gasteiger partial charge in [-0.2, -0.15) is 0 Å². The number of benzene rings is 2. The molecule has 0 spiro atoms. The Morgan fingerprint density at radius 1 is 1.00 bits per heavy atom. The van der Waals surface area contributed by atoms with Crippen molar-refractivity contribution >= 4 is 10.8 Å². The highest BCUT2D eigenvalue weighted by Gasteiger charge is 2.07. The molecule has 15 heavy (non-hydrogen) atoms. The van der Waals surface area contributed by atoms with Gasteiger partial charge in [-0.25, -0.2) is 0 Å². The molecular weight excluding hydrogens is 184 g/mol. The lowest BCUT2D eigenvalue weighted by Gasteiger charge is -2.12. The fraction of sp³-hybridized carbons (Fsp3) is 0.286. The van der Waals surface area contributed by atoms with E-state index in [9.17, 15) is 0 Å². The van der Waals surface area contributed by atoms with Crippen LogP contribution in [-0.2, 0) is 0 Å². The van der Waals surface area contributed by atoms with Gasteiger partial charge in [-0.1, -0.05) is 29.8 Å². The summed E-state index contributed by atoms with van der Waals surface area (Å²) in [6.07, 6.45) is 0. The van der Waals surface area contributed by atoms with Gasteiger partial charge in [-0.3, -0.25) is 0 Å². The van der Waals surface area contributed by atoms with Crippen molar-refractivity contribution in [1.29, 1.82) is 0 Å². The molecule has 0 unspecified atom stereocenters. The van der Waals surface area contributed by atoms with Gasteiger partial charge >= 0.3 is 0 Å². The molecule has 2 aromatic carbocycles. The number of fused-ring (bicyclic) bond motifs is 1. The van der Waals surface area contributed by atoms with Crippen LogP contribution in [0, 0.1) is 20.8 Å². The average molecular weight is 200 g/mol. The van der Waals surface area contributed by atoms with Gasteiger partial charge in [0, 0.05) is 5.39 Å². The third-order valence-electron chi connectivity index (χ3n) is 2.96. The van der Waals surface area contributed by atoms with Gasteiger partial charge in [0.25, 0.3) is 0 Å². The number of hydrogen-bond acceptors (Lipinski definition) is 1. The first-order valence-corrected chi connectivity index (χ1v) is 5.18. The maximum absolute atomic E-state index is 5.48. The van der Waals surface area contributed by atoms with Gasteiger partial charge in [0.15, 0.2) is 0 Å². The zero-order chi connectivity index (χ0) is 11.0. The minimum atomic E-state index is 1.00. The Kier molecular flexibility index (Phi) is 2.39. The van der Waals surface area contributed by atoms with Gasteiger partial charge in [0.2, 0.25) is 0 Å². The highest BCUT2D eigenvalue weighted by Crippen LogP contribution is 2.32. The molecule has 1 heteroatoms. The molecule has 0 atom stereocenters. The molecule has 78 valence electrons. The molecule has 0 heterocycles. The van der Waals surface area contributed by atoms with Crippen molar-refractivity contribution in [3.05, 3.63) is 41.0 Å². The van der Waals surface area contributed by atoms with E-state index >= 15 is 0 Å². The van der Waals surface area contributed by atoms with Crippen LogP contribution < -0.4 is 4.74 Å². The van der Waals surface area contributed by atoms with Gasteiger partial charge in [-0.05, 0) is 37.3 Å². The van der Waals surface area contributed by atoms with Crippen LogP contribution in [0.25, 0.3) is 10.8 Å². The maximum Gasteiger partial charge on any atom is 0.129 e. The molecule has 0 saturated carbocycles. The molecule has 0 radical (unpaired) electrons. The molecule has 0 N–H and O–H groups in total. The van der Waals surface area contributed by atoms with Crippen molar-refractivity contribution in [1.82, 2.24) is 0 Å². The molecule has 0 aliphatic heterocycles. The van der Waals surface area contributed by atoms with Crippen molar-refractivity contribution in [3.8, 4) is 5.75 Å². The Balaban J connectivity index is 2.88. The van der Waals surface area contributed by atoms with Gasteiger partial charge in [0.1, 0.15) is 5.75 Å². The lowest BCUT2D eigenvalue weighted by molar-refractivity contribution is 0.416. The topological polar surface area (TPSA) is 9.23 Å². The standard InChI is InChI=1S/C14H16O/c1-9-5-6-13-12(7-9)8-10(2)11(3)14(13)15-4/h5-8H,1-4H3. The van der Waals surface area contributed by atoms with Crippen molar-refractivity contribution in [2.24, 2.45) is 0 Å².